The first-order chi connectivity index (χ1) is 12.3. The smallest absolute Gasteiger partial charge is 0.232 e. The van der Waals surface area contributed by atoms with Crippen molar-refractivity contribution >= 4 is 5.91 Å². The van der Waals surface area contributed by atoms with Crippen LogP contribution in [0.15, 0.2) is 60.7 Å². The van der Waals surface area contributed by atoms with Gasteiger partial charge in [-0.2, -0.15) is 0 Å². The molecule has 2 atom stereocenters. The molecule has 0 aromatic heterocycles. The zero-order chi connectivity index (χ0) is 17.1. The molecule has 2 aliphatic rings. The largest absolute Gasteiger partial charge is 0.351 e. The molecule has 0 saturated carbocycles. The van der Waals surface area contributed by atoms with E-state index in [0.29, 0.717) is 12.1 Å². The molecule has 1 amide bonds. The third-order valence-electron chi connectivity index (χ3n) is 5.71. The van der Waals surface area contributed by atoms with E-state index in [-0.39, 0.29) is 11.8 Å². The molecular weight excluding hydrogens is 308 g/mol. The summed E-state index contributed by atoms with van der Waals surface area (Å²) >= 11 is 0. The molecule has 0 spiro atoms. The minimum Gasteiger partial charge on any atom is -0.351 e. The number of carbonyl (C=O) groups is 1. The van der Waals surface area contributed by atoms with Crippen molar-refractivity contribution in [1.82, 2.24) is 10.2 Å². The molecule has 0 unspecified atom stereocenters. The molecule has 130 valence electrons. The zero-order valence-electron chi connectivity index (χ0n) is 14.6. The monoisotopic (exact) mass is 334 g/mol. The maximum Gasteiger partial charge on any atom is 0.232 e. The third-order valence-corrected chi connectivity index (χ3v) is 5.71. The van der Waals surface area contributed by atoms with Crippen LogP contribution >= 0.6 is 0 Å². The van der Waals surface area contributed by atoms with Crippen molar-refractivity contribution < 1.29 is 4.79 Å². The molecule has 2 fully saturated rings. The maximum absolute atomic E-state index is 13.2. The Morgan fingerprint density at radius 2 is 1.52 bits per heavy atom. The highest BCUT2D eigenvalue weighted by Crippen LogP contribution is 2.29. The first-order valence-electron chi connectivity index (χ1n) is 9.47. The molecule has 3 heteroatoms. The van der Waals surface area contributed by atoms with Gasteiger partial charge in [-0.1, -0.05) is 67.1 Å². The average molecular weight is 334 g/mol. The molecule has 25 heavy (non-hydrogen) atoms. The Hall–Kier alpha value is -2.13. The number of hydrogen-bond donors (Lipinski definition) is 1. The predicted octanol–water partition coefficient (Wildman–Crippen LogP) is 3.56. The average Bonchev–Trinajstić information content (AvgIpc) is 3.07. The highest BCUT2D eigenvalue weighted by molar-refractivity contribution is 5.87. The standard InChI is InChI=1S/C22H26N2O/c25-22(23-19-14-16-24-15-8-7-13-20(19)24)21(17-9-3-1-4-10-17)18-11-5-2-6-12-18/h1-6,9-12,19-21H,7-8,13-16H2,(H,23,25)/t19-,20-/m0/s1. The van der Waals surface area contributed by atoms with Crippen molar-refractivity contribution in [2.75, 3.05) is 13.1 Å². The molecule has 0 aliphatic carbocycles. The van der Waals surface area contributed by atoms with E-state index in [4.69, 9.17) is 0 Å². The van der Waals surface area contributed by atoms with Gasteiger partial charge in [-0.3, -0.25) is 9.69 Å². The van der Waals surface area contributed by atoms with Gasteiger partial charge in [0.15, 0.2) is 0 Å². The van der Waals surface area contributed by atoms with Gasteiger partial charge in [0.2, 0.25) is 5.91 Å². The van der Waals surface area contributed by atoms with Crippen molar-refractivity contribution in [2.45, 2.75) is 43.7 Å². The number of hydrogen-bond acceptors (Lipinski definition) is 2. The summed E-state index contributed by atoms with van der Waals surface area (Å²) in [6, 6.07) is 21.1. The van der Waals surface area contributed by atoms with E-state index >= 15 is 0 Å². The van der Waals surface area contributed by atoms with Crippen molar-refractivity contribution in [3.8, 4) is 0 Å². The van der Waals surface area contributed by atoms with Crippen LogP contribution in [0.1, 0.15) is 42.7 Å². The van der Waals surface area contributed by atoms with Crippen LogP contribution in [0.4, 0.5) is 0 Å². The van der Waals surface area contributed by atoms with Crippen molar-refractivity contribution in [2.24, 2.45) is 0 Å². The summed E-state index contributed by atoms with van der Waals surface area (Å²) in [6.07, 6.45) is 4.88. The zero-order valence-corrected chi connectivity index (χ0v) is 14.6. The van der Waals surface area contributed by atoms with Gasteiger partial charge in [0.25, 0.3) is 0 Å². The van der Waals surface area contributed by atoms with Crippen molar-refractivity contribution in [1.29, 1.82) is 0 Å². The summed E-state index contributed by atoms with van der Waals surface area (Å²) < 4.78 is 0. The van der Waals surface area contributed by atoms with E-state index in [1.54, 1.807) is 0 Å². The Kier molecular flexibility index (Phi) is 4.84. The van der Waals surface area contributed by atoms with E-state index in [9.17, 15) is 4.79 Å². The van der Waals surface area contributed by atoms with Crippen LogP contribution in [0.5, 0.6) is 0 Å². The van der Waals surface area contributed by atoms with Crippen molar-refractivity contribution in [3.63, 3.8) is 0 Å². The molecule has 2 aliphatic heterocycles. The van der Waals surface area contributed by atoms with Crippen LogP contribution < -0.4 is 5.32 Å². The second kappa shape index (κ2) is 7.40. The van der Waals surface area contributed by atoms with Crippen LogP contribution in [0.25, 0.3) is 0 Å². The SMILES string of the molecule is O=C(N[C@H]1CCN2CCCC[C@@H]12)C(c1ccccc1)c1ccccc1. The molecule has 0 bridgehead atoms. The topological polar surface area (TPSA) is 32.3 Å². The van der Waals surface area contributed by atoms with Crippen LogP contribution in [-0.4, -0.2) is 36.0 Å². The number of rotatable bonds is 4. The highest BCUT2D eigenvalue weighted by atomic mass is 16.2. The van der Waals surface area contributed by atoms with E-state index in [0.717, 1.165) is 24.1 Å². The summed E-state index contributed by atoms with van der Waals surface area (Å²) in [4.78, 5) is 15.8. The number of piperidine rings is 1. The fraction of sp³-hybridized carbons (Fsp3) is 0.409. The third kappa shape index (κ3) is 3.47. The summed E-state index contributed by atoms with van der Waals surface area (Å²) in [5.74, 6) is -0.102. The van der Waals surface area contributed by atoms with Crippen LogP contribution in [0, 0.1) is 0 Å². The Morgan fingerprint density at radius 1 is 0.880 bits per heavy atom. The second-order valence-corrected chi connectivity index (χ2v) is 7.26. The molecule has 4 rings (SSSR count). The number of nitrogens with zero attached hydrogens (tertiary/aromatic N) is 1. The van der Waals surface area contributed by atoms with E-state index in [1.165, 1.54) is 25.8 Å². The van der Waals surface area contributed by atoms with E-state index in [1.807, 2.05) is 36.4 Å². The number of nitrogens with one attached hydrogen (secondary N) is 1. The summed E-state index contributed by atoms with van der Waals surface area (Å²) in [5.41, 5.74) is 2.12. The second-order valence-electron chi connectivity index (χ2n) is 7.26. The van der Waals surface area contributed by atoms with E-state index in [2.05, 4.69) is 34.5 Å². The van der Waals surface area contributed by atoms with Crippen LogP contribution in [0.2, 0.25) is 0 Å². The van der Waals surface area contributed by atoms with Gasteiger partial charge in [0.1, 0.15) is 0 Å². The van der Waals surface area contributed by atoms with Gasteiger partial charge in [-0.05, 0) is 36.9 Å². The molecule has 2 heterocycles. The van der Waals surface area contributed by atoms with Crippen molar-refractivity contribution in [3.05, 3.63) is 71.8 Å². The van der Waals surface area contributed by atoms with Crippen LogP contribution in [-0.2, 0) is 4.79 Å². The Labute approximate surface area is 150 Å². The minimum absolute atomic E-state index is 0.134. The lowest BCUT2D eigenvalue weighted by molar-refractivity contribution is -0.122. The van der Waals surface area contributed by atoms with Gasteiger partial charge >= 0.3 is 0 Å². The molecule has 0 radical (unpaired) electrons. The first kappa shape index (κ1) is 16.3. The van der Waals surface area contributed by atoms with Gasteiger partial charge in [0.05, 0.1) is 5.92 Å². The fourth-order valence-electron chi connectivity index (χ4n) is 4.47. The number of amides is 1. The molecule has 2 saturated heterocycles. The molecule has 2 aromatic rings. The summed E-state index contributed by atoms with van der Waals surface area (Å²) in [5, 5.41) is 3.39. The van der Waals surface area contributed by atoms with Crippen LogP contribution in [0.3, 0.4) is 0 Å². The quantitative estimate of drug-likeness (QED) is 0.927. The van der Waals surface area contributed by atoms with Gasteiger partial charge in [-0.25, -0.2) is 0 Å². The first-order valence-corrected chi connectivity index (χ1v) is 9.47. The van der Waals surface area contributed by atoms with Gasteiger partial charge < -0.3 is 5.32 Å². The molecular formula is C22H26N2O. The normalized spacial score (nSPS) is 23.4. The minimum atomic E-state index is -0.236. The Morgan fingerprint density at radius 3 is 2.16 bits per heavy atom. The lowest BCUT2D eigenvalue weighted by atomic mass is 9.89. The lowest BCUT2D eigenvalue weighted by Gasteiger charge is -2.33. The molecule has 3 nitrogen and oxygen atoms in total. The lowest BCUT2D eigenvalue weighted by Crippen LogP contribution is -2.48. The summed E-state index contributed by atoms with van der Waals surface area (Å²) in [6.45, 7) is 2.31. The molecule has 1 N–H and O–H groups in total. The predicted molar refractivity (Wildman–Crippen MR) is 100 cm³/mol. The highest BCUT2D eigenvalue weighted by Gasteiger charge is 2.37. The maximum atomic E-state index is 13.2. The number of fused-ring (bicyclic) bond motifs is 1. The Bertz CT molecular complexity index is 661. The van der Waals surface area contributed by atoms with Gasteiger partial charge in [-0.15, -0.1) is 0 Å². The van der Waals surface area contributed by atoms with Gasteiger partial charge in [0, 0.05) is 18.6 Å². The summed E-state index contributed by atoms with van der Waals surface area (Å²) in [7, 11) is 0. The fourth-order valence-corrected chi connectivity index (χ4v) is 4.47. The number of carbonyl (C=O) groups excluding carboxylic acids is 1. The Balaban J connectivity index is 1.56. The molecule has 2 aromatic carbocycles. The van der Waals surface area contributed by atoms with E-state index < -0.39 is 0 Å². The number of benzene rings is 2.